The van der Waals surface area contributed by atoms with Crippen LogP contribution in [0.3, 0.4) is 0 Å². The minimum Gasteiger partial charge on any atom is -0.481 e. The van der Waals surface area contributed by atoms with Gasteiger partial charge in [0.05, 0.1) is 0 Å². The lowest BCUT2D eigenvalue weighted by atomic mass is 10.2. The fraction of sp³-hybridized carbons (Fsp3) is 0.281. The van der Waals surface area contributed by atoms with E-state index in [0.29, 0.717) is 56.3 Å². The van der Waals surface area contributed by atoms with E-state index < -0.39 is 18.0 Å². The smallest absolute Gasteiger partial charge is 0.280 e. The van der Waals surface area contributed by atoms with E-state index in [4.69, 9.17) is 9.47 Å². The van der Waals surface area contributed by atoms with Crippen LogP contribution in [0.2, 0.25) is 0 Å². The Morgan fingerprint density at radius 2 is 1.52 bits per heavy atom. The summed E-state index contributed by atoms with van der Waals surface area (Å²) in [5, 5.41) is 6.08. The third-order valence-corrected chi connectivity index (χ3v) is 6.86. The number of para-hydroxylation sites is 1. The van der Waals surface area contributed by atoms with E-state index in [2.05, 4.69) is 22.1 Å². The minimum absolute atomic E-state index is 0.332. The Bertz CT molecular complexity index is 1400. The van der Waals surface area contributed by atoms with E-state index in [1.54, 1.807) is 38.2 Å². The van der Waals surface area contributed by atoms with Gasteiger partial charge in [0.2, 0.25) is 6.41 Å². The van der Waals surface area contributed by atoms with Crippen LogP contribution in [0, 0.1) is 11.8 Å². The molecule has 4 rings (SSSR count). The molecule has 0 spiro atoms. The SMILES string of the molecule is CC#CCOc1ccc(N2CCN(N(C)C(=O)C(NC(=O)c3ccc(Oc4ccccc4)cc3)N(C)C=O)CC2)cc1. The summed E-state index contributed by atoms with van der Waals surface area (Å²) in [5.74, 6) is 6.78. The van der Waals surface area contributed by atoms with Gasteiger partial charge in [-0.3, -0.25) is 19.4 Å². The van der Waals surface area contributed by atoms with Gasteiger partial charge in [0, 0.05) is 51.5 Å². The molecular formula is C32H35N5O5. The molecule has 1 N–H and O–H groups in total. The number of anilines is 1. The summed E-state index contributed by atoms with van der Waals surface area (Å²) in [6.07, 6.45) is -0.656. The molecule has 0 saturated carbocycles. The van der Waals surface area contributed by atoms with Crippen LogP contribution in [0.4, 0.5) is 5.69 Å². The predicted molar refractivity (Wildman–Crippen MR) is 160 cm³/mol. The lowest BCUT2D eigenvalue weighted by molar-refractivity contribution is -0.154. The van der Waals surface area contributed by atoms with Crippen LogP contribution in [0.1, 0.15) is 17.3 Å². The molecule has 3 aromatic carbocycles. The Balaban J connectivity index is 1.33. The standard InChI is InChI=1S/C32H35N5O5/c1-4-5-23-41-27-17-13-26(14-18-27)36-19-21-37(22-20-36)35(3)32(40)30(34(2)24-38)33-31(39)25-11-15-29(16-12-25)42-28-9-7-6-8-10-28/h6-18,24,30H,19-23H2,1-3H3,(H,33,39). The summed E-state index contributed by atoms with van der Waals surface area (Å²) < 4.78 is 11.4. The van der Waals surface area contributed by atoms with E-state index >= 15 is 0 Å². The molecule has 0 bridgehead atoms. The molecule has 1 saturated heterocycles. The molecule has 10 heteroatoms. The number of carbonyl (C=O) groups excluding carboxylic acids is 3. The summed E-state index contributed by atoms with van der Waals surface area (Å²) in [5.41, 5.74) is 1.39. The van der Waals surface area contributed by atoms with Gasteiger partial charge in [0.25, 0.3) is 11.8 Å². The molecule has 3 aromatic rings. The second-order valence-corrected chi connectivity index (χ2v) is 9.60. The van der Waals surface area contributed by atoms with E-state index in [0.717, 1.165) is 16.3 Å². The summed E-state index contributed by atoms with van der Waals surface area (Å²) >= 11 is 0. The van der Waals surface area contributed by atoms with E-state index in [1.807, 2.05) is 59.6 Å². The molecule has 0 radical (unpaired) electrons. The zero-order valence-electron chi connectivity index (χ0n) is 24.0. The van der Waals surface area contributed by atoms with Crippen molar-refractivity contribution in [3.05, 3.63) is 84.4 Å². The first-order chi connectivity index (χ1) is 20.4. The zero-order valence-corrected chi connectivity index (χ0v) is 24.0. The number of likely N-dealkylation sites (N-methyl/N-ethyl adjacent to an activating group) is 2. The van der Waals surface area contributed by atoms with Crippen LogP contribution in [0.15, 0.2) is 78.9 Å². The molecule has 42 heavy (non-hydrogen) atoms. The first-order valence-electron chi connectivity index (χ1n) is 13.6. The first-order valence-corrected chi connectivity index (χ1v) is 13.6. The molecule has 1 atom stereocenters. The largest absolute Gasteiger partial charge is 0.481 e. The highest BCUT2D eigenvalue weighted by atomic mass is 16.5. The number of nitrogens with zero attached hydrogens (tertiary/aromatic N) is 4. The molecule has 0 aromatic heterocycles. The normalized spacial score (nSPS) is 13.6. The van der Waals surface area contributed by atoms with Crippen molar-refractivity contribution in [3.63, 3.8) is 0 Å². The van der Waals surface area contributed by atoms with Crippen molar-refractivity contribution in [1.29, 1.82) is 0 Å². The molecule has 1 fully saturated rings. The van der Waals surface area contributed by atoms with Crippen LogP contribution in [0.5, 0.6) is 17.2 Å². The van der Waals surface area contributed by atoms with Crippen LogP contribution in [-0.4, -0.2) is 86.2 Å². The number of amides is 3. The van der Waals surface area contributed by atoms with Crippen molar-refractivity contribution >= 4 is 23.9 Å². The second kappa shape index (κ2) is 14.6. The Labute approximate surface area is 246 Å². The maximum Gasteiger partial charge on any atom is 0.280 e. The lowest BCUT2D eigenvalue weighted by Gasteiger charge is -2.41. The van der Waals surface area contributed by atoms with Crippen molar-refractivity contribution in [1.82, 2.24) is 20.2 Å². The van der Waals surface area contributed by atoms with Crippen LogP contribution in [0.25, 0.3) is 0 Å². The van der Waals surface area contributed by atoms with Crippen molar-refractivity contribution in [2.24, 2.45) is 0 Å². The quantitative estimate of drug-likeness (QED) is 0.215. The molecule has 1 aliphatic heterocycles. The molecular weight excluding hydrogens is 534 g/mol. The summed E-state index contributed by atoms with van der Waals surface area (Å²) in [4.78, 5) is 41.5. The van der Waals surface area contributed by atoms with Gasteiger partial charge in [-0.15, -0.1) is 5.92 Å². The average molecular weight is 570 g/mol. The van der Waals surface area contributed by atoms with Gasteiger partial charge in [-0.2, -0.15) is 0 Å². The highest BCUT2D eigenvalue weighted by Gasteiger charge is 2.32. The van der Waals surface area contributed by atoms with Gasteiger partial charge in [-0.1, -0.05) is 24.1 Å². The first kappa shape index (κ1) is 30.0. The van der Waals surface area contributed by atoms with Gasteiger partial charge in [-0.05, 0) is 67.6 Å². The number of ether oxygens (including phenoxy) is 2. The van der Waals surface area contributed by atoms with Gasteiger partial charge in [0.15, 0.2) is 6.17 Å². The number of hydrogen-bond acceptors (Lipinski definition) is 7. The second-order valence-electron chi connectivity index (χ2n) is 9.60. The van der Waals surface area contributed by atoms with E-state index in [-0.39, 0.29) is 0 Å². The third-order valence-electron chi connectivity index (χ3n) is 6.86. The highest BCUT2D eigenvalue weighted by molar-refractivity contribution is 5.97. The van der Waals surface area contributed by atoms with Gasteiger partial charge in [-0.25, -0.2) is 5.01 Å². The lowest BCUT2D eigenvalue weighted by Crippen LogP contribution is -2.61. The van der Waals surface area contributed by atoms with Crippen LogP contribution >= 0.6 is 0 Å². The Hall–Kier alpha value is -5.01. The van der Waals surface area contributed by atoms with Gasteiger partial charge in [0.1, 0.15) is 23.9 Å². The Kier molecular flexibility index (Phi) is 10.4. The minimum atomic E-state index is -1.18. The number of carbonyl (C=O) groups is 3. The van der Waals surface area contributed by atoms with Crippen molar-refractivity contribution < 1.29 is 23.9 Å². The summed E-state index contributed by atoms with van der Waals surface area (Å²) in [7, 11) is 3.11. The van der Waals surface area contributed by atoms with Gasteiger partial charge < -0.3 is 24.6 Å². The van der Waals surface area contributed by atoms with Crippen LogP contribution in [-0.2, 0) is 9.59 Å². The van der Waals surface area contributed by atoms with Crippen molar-refractivity contribution in [2.45, 2.75) is 13.1 Å². The molecule has 1 unspecified atom stereocenters. The highest BCUT2D eigenvalue weighted by Crippen LogP contribution is 2.22. The number of hydrogen-bond donors (Lipinski definition) is 1. The molecule has 10 nitrogen and oxygen atoms in total. The molecule has 3 amide bonds. The monoisotopic (exact) mass is 569 g/mol. The summed E-state index contributed by atoms with van der Waals surface area (Å²) in [6.45, 7) is 4.68. The number of rotatable bonds is 11. The van der Waals surface area contributed by atoms with E-state index in [9.17, 15) is 14.4 Å². The fourth-order valence-electron chi connectivity index (χ4n) is 4.42. The van der Waals surface area contributed by atoms with Gasteiger partial charge >= 0.3 is 0 Å². The predicted octanol–water partition coefficient (Wildman–Crippen LogP) is 3.22. The fourth-order valence-corrected chi connectivity index (χ4v) is 4.42. The third kappa shape index (κ3) is 7.80. The van der Waals surface area contributed by atoms with Crippen LogP contribution < -0.4 is 19.7 Å². The number of benzene rings is 3. The Morgan fingerprint density at radius 3 is 2.14 bits per heavy atom. The number of hydrazine groups is 1. The Morgan fingerprint density at radius 1 is 0.905 bits per heavy atom. The molecule has 1 aliphatic rings. The molecule has 0 aliphatic carbocycles. The number of nitrogens with one attached hydrogen (secondary N) is 1. The molecule has 1 heterocycles. The summed E-state index contributed by atoms with van der Waals surface area (Å²) in [6, 6.07) is 23.7. The van der Waals surface area contributed by atoms with Crippen molar-refractivity contribution in [3.8, 4) is 29.1 Å². The maximum absolute atomic E-state index is 13.5. The zero-order chi connectivity index (χ0) is 29.9. The maximum atomic E-state index is 13.5. The number of piperazine rings is 1. The topological polar surface area (TPSA) is 94.7 Å². The molecule has 218 valence electrons. The average Bonchev–Trinajstić information content (AvgIpc) is 3.04. The van der Waals surface area contributed by atoms with E-state index in [1.165, 1.54) is 12.1 Å². The van der Waals surface area contributed by atoms with Crippen molar-refractivity contribution in [2.75, 3.05) is 51.8 Å².